The number of hydrogen-bond acceptors (Lipinski definition) is 3. The summed E-state index contributed by atoms with van der Waals surface area (Å²) in [6.45, 7) is 3.18. The van der Waals surface area contributed by atoms with E-state index in [0.717, 1.165) is 0 Å². The number of nitrogens with zero attached hydrogens (tertiary/aromatic N) is 1. The molecule has 0 aliphatic rings. The molecule has 2 aromatic carbocycles. The predicted molar refractivity (Wildman–Crippen MR) is 93.9 cm³/mol. The minimum atomic E-state index is -0.623. The van der Waals surface area contributed by atoms with E-state index in [4.69, 9.17) is 16.1 Å². The van der Waals surface area contributed by atoms with Crippen molar-refractivity contribution in [1.82, 2.24) is 10.5 Å². The van der Waals surface area contributed by atoms with Crippen LogP contribution in [0.1, 0.15) is 34.6 Å². The van der Waals surface area contributed by atoms with E-state index in [1.54, 1.807) is 25.1 Å². The minimum absolute atomic E-state index is 0.00355. The van der Waals surface area contributed by atoms with Gasteiger partial charge in [-0.3, -0.25) is 4.79 Å². The molecular weight excluding hydrogens is 362 g/mol. The van der Waals surface area contributed by atoms with E-state index in [1.165, 1.54) is 31.2 Å². The van der Waals surface area contributed by atoms with Gasteiger partial charge in [-0.2, -0.15) is 0 Å². The Kier molecular flexibility index (Phi) is 5.04. The van der Waals surface area contributed by atoms with Gasteiger partial charge in [0.2, 0.25) is 0 Å². The molecule has 1 amide bonds. The summed E-state index contributed by atoms with van der Waals surface area (Å²) in [5.74, 6) is -1.41. The molecule has 4 nitrogen and oxygen atoms in total. The first kappa shape index (κ1) is 18.1. The van der Waals surface area contributed by atoms with Crippen LogP contribution >= 0.6 is 11.6 Å². The number of benzene rings is 2. The molecule has 1 heterocycles. The van der Waals surface area contributed by atoms with Gasteiger partial charge in [0.15, 0.2) is 0 Å². The topological polar surface area (TPSA) is 55.1 Å². The second-order valence-electron chi connectivity index (χ2n) is 5.78. The minimum Gasteiger partial charge on any atom is -0.360 e. The zero-order chi connectivity index (χ0) is 18.8. The molecule has 1 aromatic heterocycles. The maximum atomic E-state index is 14.2. The number of carbonyl (C=O) groups excluding carboxylic acids is 1. The van der Waals surface area contributed by atoms with Crippen molar-refractivity contribution in [3.63, 3.8) is 0 Å². The zero-order valence-electron chi connectivity index (χ0n) is 14.0. The van der Waals surface area contributed by atoms with Gasteiger partial charge in [-0.1, -0.05) is 41.0 Å². The number of halogens is 3. The molecule has 3 rings (SSSR count). The van der Waals surface area contributed by atoms with Gasteiger partial charge >= 0.3 is 0 Å². The van der Waals surface area contributed by atoms with E-state index < -0.39 is 23.6 Å². The van der Waals surface area contributed by atoms with Crippen molar-refractivity contribution in [3.05, 3.63) is 76.0 Å². The molecule has 0 spiro atoms. The highest BCUT2D eigenvalue weighted by atomic mass is 35.5. The van der Waals surface area contributed by atoms with Gasteiger partial charge in [-0.15, -0.1) is 0 Å². The quantitative estimate of drug-likeness (QED) is 0.691. The molecule has 0 radical (unpaired) electrons. The Morgan fingerprint density at radius 1 is 1.15 bits per heavy atom. The second kappa shape index (κ2) is 7.25. The Hall–Kier alpha value is -2.73. The summed E-state index contributed by atoms with van der Waals surface area (Å²) in [5.41, 5.74) is 0.374. The third kappa shape index (κ3) is 3.32. The fraction of sp³-hybridized carbons (Fsp3) is 0.158. The Labute approximate surface area is 153 Å². The van der Waals surface area contributed by atoms with Crippen LogP contribution in [0.15, 0.2) is 47.0 Å². The molecular formula is C19H15ClF2N2O2. The molecule has 0 saturated carbocycles. The normalized spacial score (nSPS) is 12.0. The van der Waals surface area contributed by atoms with Crippen LogP contribution in [0, 0.1) is 18.6 Å². The van der Waals surface area contributed by atoms with E-state index in [9.17, 15) is 13.6 Å². The molecule has 0 fully saturated rings. The van der Waals surface area contributed by atoms with Crippen molar-refractivity contribution in [2.45, 2.75) is 19.9 Å². The van der Waals surface area contributed by atoms with Crippen molar-refractivity contribution < 1.29 is 18.1 Å². The second-order valence-corrected chi connectivity index (χ2v) is 6.18. The maximum Gasteiger partial charge on any atom is 0.257 e. The molecule has 26 heavy (non-hydrogen) atoms. The summed E-state index contributed by atoms with van der Waals surface area (Å²) in [6.07, 6.45) is 0. The summed E-state index contributed by atoms with van der Waals surface area (Å²) in [6, 6.07) is 9.69. The Bertz CT molecular complexity index is 952. The van der Waals surface area contributed by atoms with Gasteiger partial charge in [0.1, 0.15) is 28.7 Å². The number of rotatable bonds is 4. The first-order valence-electron chi connectivity index (χ1n) is 7.86. The van der Waals surface area contributed by atoms with Crippen molar-refractivity contribution >= 4 is 17.5 Å². The molecule has 1 N–H and O–H groups in total. The van der Waals surface area contributed by atoms with E-state index >= 15 is 0 Å². The first-order valence-corrected chi connectivity index (χ1v) is 8.24. The number of amides is 1. The summed E-state index contributed by atoms with van der Waals surface area (Å²) in [5, 5.41) is 6.58. The van der Waals surface area contributed by atoms with Crippen LogP contribution in [0.25, 0.3) is 11.3 Å². The fourth-order valence-electron chi connectivity index (χ4n) is 2.71. The summed E-state index contributed by atoms with van der Waals surface area (Å²) >= 11 is 6.07. The molecule has 3 aromatic rings. The highest BCUT2D eigenvalue weighted by Gasteiger charge is 2.26. The fourth-order valence-corrected chi connectivity index (χ4v) is 2.96. The van der Waals surface area contributed by atoms with Crippen LogP contribution < -0.4 is 5.32 Å². The van der Waals surface area contributed by atoms with Crippen molar-refractivity contribution in [1.29, 1.82) is 0 Å². The van der Waals surface area contributed by atoms with E-state index in [2.05, 4.69) is 10.5 Å². The number of hydrogen-bond donors (Lipinski definition) is 1. The average Bonchev–Trinajstić information content (AvgIpc) is 2.96. The van der Waals surface area contributed by atoms with Crippen LogP contribution in [0.5, 0.6) is 0 Å². The smallest absolute Gasteiger partial charge is 0.257 e. The van der Waals surface area contributed by atoms with Crippen molar-refractivity contribution in [3.8, 4) is 11.3 Å². The highest BCUT2D eigenvalue weighted by molar-refractivity contribution is 6.33. The molecule has 1 atom stereocenters. The highest BCUT2D eigenvalue weighted by Crippen LogP contribution is 2.33. The molecule has 0 aliphatic heterocycles. The molecule has 0 bridgehead atoms. The average molecular weight is 377 g/mol. The monoisotopic (exact) mass is 376 g/mol. The largest absolute Gasteiger partial charge is 0.360 e. The first-order chi connectivity index (χ1) is 12.4. The summed E-state index contributed by atoms with van der Waals surface area (Å²) in [4.78, 5) is 12.7. The molecule has 0 unspecified atom stereocenters. The van der Waals surface area contributed by atoms with E-state index in [0.29, 0.717) is 5.56 Å². The Balaban J connectivity index is 1.97. The Morgan fingerprint density at radius 3 is 2.54 bits per heavy atom. The third-order valence-electron chi connectivity index (χ3n) is 4.01. The summed E-state index contributed by atoms with van der Waals surface area (Å²) < 4.78 is 33.2. The number of aromatic nitrogens is 1. The van der Waals surface area contributed by atoms with Gasteiger partial charge < -0.3 is 9.84 Å². The standard InChI is InChI=1S/C19H15ClF2N2O2/c1-10(12-6-3-4-8-14(12)21)23-19(25)16-11(2)26-24-18(16)17-13(20)7-5-9-15(17)22/h3-10H,1-2H3,(H,23,25)/t10-/m1/s1. The van der Waals surface area contributed by atoms with E-state index in [1.807, 2.05) is 0 Å². The van der Waals surface area contributed by atoms with Crippen molar-refractivity contribution in [2.75, 3.05) is 0 Å². The molecule has 134 valence electrons. The lowest BCUT2D eigenvalue weighted by Gasteiger charge is -2.15. The number of nitrogens with one attached hydrogen (secondary N) is 1. The van der Waals surface area contributed by atoms with Crippen LogP contribution in [0.4, 0.5) is 8.78 Å². The lowest BCUT2D eigenvalue weighted by atomic mass is 10.0. The molecule has 7 heteroatoms. The van der Waals surface area contributed by atoms with Gasteiger partial charge in [0.25, 0.3) is 5.91 Å². The predicted octanol–water partition coefficient (Wildman–Crippen LogP) is 5.07. The van der Waals surface area contributed by atoms with Gasteiger partial charge in [-0.05, 0) is 32.0 Å². The van der Waals surface area contributed by atoms with Crippen LogP contribution in [-0.2, 0) is 0 Å². The molecule has 0 aliphatic carbocycles. The molecule has 0 saturated heterocycles. The SMILES string of the molecule is Cc1onc(-c2c(F)cccc2Cl)c1C(=O)N[C@H](C)c1ccccc1F. The van der Waals surface area contributed by atoms with Gasteiger partial charge in [0.05, 0.1) is 16.6 Å². The van der Waals surface area contributed by atoms with Crippen LogP contribution in [0.3, 0.4) is 0 Å². The Morgan fingerprint density at radius 2 is 1.85 bits per heavy atom. The van der Waals surface area contributed by atoms with Crippen LogP contribution in [0.2, 0.25) is 5.02 Å². The van der Waals surface area contributed by atoms with Gasteiger partial charge in [-0.25, -0.2) is 8.78 Å². The summed E-state index contributed by atoms with van der Waals surface area (Å²) in [7, 11) is 0. The van der Waals surface area contributed by atoms with Gasteiger partial charge in [0, 0.05) is 5.56 Å². The van der Waals surface area contributed by atoms with E-state index in [-0.39, 0.29) is 27.6 Å². The third-order valence-corrected chi connectivity index (χ3v) is 4.32. The van der Waals surface area contributed by atoms with Crippen LogP contribution in [-0.4, -0.2) is 11.1 Å². The van der Waals surface area contributed by atoms with Crippen molar-refractivity contribution in [2.24, 2.45) is 0 Å². The number of carbonyl (C=O) groups is 1. The zero-order valence-corrected chi connectivity index (χ0v) is 14.8. The maximum absolute atomic E-state index is 14.2. The number of aryl methyl sites for hydroxylation is 1. The lowest BCUT2D eigenvalue weighted by Crippen LogP contribution is -2.28. The lowest BCUT2D eigenvalue weighted by molar-refractivity contribution is 0.0938.